The lowest BCUT2D eigenvalue weighted by Crippen LogP contribution is -2.38. The maximum absolute atomic E-state index is 11.7. The van der Waals surface area contributed by atoms with Crippen LogP contribution in [0.5, 0.6) is 0 Å². The Kier molecular flexibility index (Phi) is 6.51. The van der Waals surface area contributed by atoms with Gasteiger partial charge in [0, 0.05) is 25.7 Å². The second kappa shape index (κ2) is 7.90. The Labute approximate surface area is 130 Å². The summed E-state index contributed by atoms with van der Waals surface area (Å²) in [6, 6.07) is 6.32. The third kappa shape index (κ3) is 5.12. The largest absolute Gasteiger partial charge is 0.465 e. The number of amides is 1. The number of sulfonamides is 1. The van der Waals surface area contributed by atoms with Crippen LogP contribution in [0.1, 0.15) is 24.2 Å². The SMILES string of the molecule is CCS(=O)(=O)NCCN(C(C)=O)c1ccc(C(=O)OC)cc1. The highest BCUT2D eigenvalue weighted by atomic mass is 32.2. The minimum Gasteiger partial charge on any atom is -0.465 e. The highest BCUT2D eigenvalue weighted by molar-refractivity contribution is 7.89. The van der Waals surface area contributed by atoms with E-state index in [9.17, 15) is 18.0 Å². The molecule has 0 unspecified atom stereocenters. The molecular weight excluding hydrogens is 308 g/mol. The van der Waals surface area contributed by atoms with Gasteiger partial charge >= 0.3 is 5.97 Å². The van der Waals surface area contributed by atoms with Crippen molar-refractivity contribution in [2.24, 2.45) is 0 Å². The van der Waals surface area contributed by atoms with Gasteiger partial charge in [-0.25, -0.2) is 17.9 Å². The van der Waals surface area contributed by atoms with Crippen molar-refractivity contribution in [3.63, 3.8) is 0 Å². The van der Waals surface area contributed by atoms with Gasteiger partial charge in [0.15, 0.2) is 0 Å². The molecular formula is C14H20N2O5S. The van der Waals surface area contributed by atoms with Gasteiger partial charge in [0.1, 0.15) is 0 Å². The van der Waals surface area contributed by atoms with E-state index in [4.69, 9.17) is 0 Å². The van der Waals surface area contributed by atoms with Gasteiger partial charge in [-0.15, -0.1) is 0 Å². The molecule has 0 saturated heterocycles. The molecule has 1 rings (SSSR count). The van der Waals surface area contributed by atoms with Gasteiger partial charge in [-0.2, -0.15) is 0 Å². The molecule has 0 radical (unpaired) electrons. The molecule has 1 amide bonds. The molecule has 1 aromatic rings. The number of esters is 1. The molecule has 0 aliphatic rings. The summed E-state index contributed by atoms with van der Waals surface area (Å²) in [7, 11) is -2.00. The fourth-order valence-electron chi connectivity index (χ4n) is 1.78. The summed E-state index contributed by atoms with van der Waals surface area (Å²) in [6.07, 6.45) is 0. The summed E-state index contributed by atoms with van der Waals surface area (Å²) >= 11 is 0. The van der Waals surface area contributed by atoms with Crippen LogP contribution >= 0.6 is 0 Å². The van der Waals surface area contributed by atoms with Crippen molar-refractivity contribution >= 4 is 27.6 Å². The molecule has 0 fully saturated rings. The Morgan fingerprint density at radius 3 is 2.27 bits per heavy atom. The van der Waals surface area contributed by atoms with E-state index in [1.807, 2.05) is 0 Å². The van der Waals surface area contributed by atoms with Crippen molar-refractivity contribution < 1.29 is 22.7 Å². The van der Waals surface area contributed by atoms with Gasteiger partial charge < -0.3 is 9.64 Å². The van der Waals surface area contributed by atoms with Gasteiger partial charge in [-0.05, 0) is 31.2 Å². The first-order chi connectivity index (χ1) is 10.3. The van der Waals surface area contributed by atoms with Gasteiger partial charge in [0.05, 0.1) is 18.4 Å². The summed E-state index contributed by atoms with van der Waals surface area (Å²) in [5.41, 5.74) is 0.956. The van der Waals surface area contributed by atoms with Crippen LogP contribution in [0.2, 0.25) is 0 Å². The first-order valence-corrected chi connectivity index (χ1v) is 8.39. The lowest BCUT2D eigenvalue weighted by atomic mass is 10.2. The number of methoxy groups -OCH3 is 1. The van der Waals surface area contributed by atoms with E-state index in [0.29, 0.717) is 11.3 Å². The third-order valence-electron chi connectivity index (χ3n) is 3.02. The molecule has 0 bridgehead atoms. The summed E-state index contributed by atoms with van der Waals surface area (Å²) in [5, 5.41) is 0. The fourth-order valence-corrected chi connectivity index (χ4v) is 2.39. The minimum absolute atomic E-state index is 0.0130. The molecule has 122 valence electrons. The first-order valence-electron chi connectivity index (χ1n) is 6.74. The average molecular weight is 328 g/mol. The number of hydrogen-bond donors (Lipinski definition) is 1. The maximum Gasteiger partial charge on any atom is 0.337 e. The average Bonchev–Trinajstić information content (AvgIpc) is 2.50. The summed E-state index contributed by atoms with van der Waals surface area (Å²) in [4.78, 5) is 24.5. The number of carbonyl (C=O) groups is 2. The molecule has 0 aliphatic heterocycles. The van der Waals surface area contributed by atoms with E-state index < -0.39 is 16.0 Å². The molecule has 0 atom stereocenters. The zero-order valence-corrected chi connectivity index (χ0v) is 13.6. The van der Waals surface area contributed by atoms with Crippen molar-refractivity contribution in [1.29, 1.82) is 0 Å². The zero-order chi connectivity index (χ0) is 16.8. The smallest absolute Gasteiger partial charge is 0.337 e. The predicted molar refractivity (Wildman–Crippen MR) is 83.3 cm³/mol. The van der Waals surface area contributed by atoms with E-state index in [1.54, 1.807) is 24.3 Å². The van der Waals surface area contributed by atoms with Crippen LogP contribution in [0.4, 0.5) is 5.69 Å². The van der Waals surface area contributed by atoms with Crippen molar-refractivity contribution in [3.05, 3.63) is 29.8 Å². The van der Waals surface area contributed by atoms with E-state index in [0.717, 1.165) is 0 Å². The predicted octanol–water partition coefficient (Wildman–Crippen LogP) is 0.765. The number of nitrogens with zero attached hydrogens (tertiary/aromatic N) is 1. The normalized spacial score (nSPS) is 11.0. The van der Waals surface area contributed by atoms with Gasteiger partial charge in [0.2, 0.25) is 15.9 Å². The number of ether oxygens (including phenoxy) is 1. The molecule has 7 nitrogen and oxygen atoms in total. The van der Waals surface area contributed by atoms with Crippen LogP contribution in [0, 0.1) is 0 Å². The number of rotatable bonds is 7. The van der Waals surface area contributed by atoms with E-state index >= 15 is 0 Å². The molecule has 1 N–H and O–H groups in total. The second-order valence-electron chi connectivity index (χ2n) is 4.51. The van der Waals surface area contributed by atoms with Crippen molar-refractivity contribution in [3.8, 4) is 0 Å². The molecule has 0 spiro atoms. The Balaban J connectivity index is 2.79. The van der Waals surface area contributed by atoms with Gasteiger partial charge in [-0.3, -0.25) is 4.79 Å². The first kappa shape index (κ1) is 18.1. The summed E-state index contributed by atoms with van der Waals surface area (Å²) in [5.74, 6) is -0.695. The Bertz CT molecular complexity index is 625. The monoisotopic (exact) mass is 328 g/mol. The quantitative estimate of drug-likeness (QED) is 0.746. The van der Waals surface area contributed by atoms with Crippen LogP contribution in [0.25, 0.3) is 0 Å². The number of benzene rings is 1. The Morgan fingerprint density at radius 1 is 1.23 bits per heavy atom. The van der Waals surface area contributed by atoms with Crippen LogP contribution in [0.3, 0.4) is 0 Å². The van der Waals surface area contributed by atoms with Crippen LogP contribution in [-0.4, -0.2) is 46.2 Å². The minimum atomic E-state index is -3.29. The Morgan fingerprint density at radius 2 is 1.82 bits per heavy atom. The van der Waals surface area contributed by atoms with E-state index in [1.165, 1.54) is 25.9 Å². The number of nitrogens with one attached hydrogen (secondary N) is 1. The number of carbonyl (C=O) groups excluding carboxylic acids is 2. The second-order valence-corrected chi connectivity index (χ2v) is 6.60. The third-order valence-corrected chi connectivity index (χ3v) is 4.42. The topological polar surface area (TPSA) is 92.8 Å². The summed E-state index contributed by atoms with van der Waals surface area (Å²) < 4.78 is 29.8. The highest BCUT2D eigenvalue weighted by Gasteiger charge is 2.14. The van der Waals surface area contributed by atoms with Gasteiger partial charge in [0.25, 0.3) is 0 Å². The van der Waals surface area contributed by atoms with Crippen molar-refractivity contribution in [2.45, 2.75) is 13.8 Å². The molecule has 0 aromatic heterocycles. The zero-order valence-electron chi connectivity index (χ0n) is 12.8. The molecule has 0 heterocycles. The highest BCUT2D eigenvalue weighted by Crippen LogP contribution is 2.16. The van der Waals surface area contributed by atoms with E-state index in [2.05, 4.69) is 9.46 Å². The van der Waals surface area contributed by atoms with Gasteiger partial charge in [-0.1, -0.05) is 0 Å². The number of hydrogen-bond acceptors (Lipinski definition) is 5. The maximum atomic E-state index is 11.7. The molecule has 0 aliphatic carbocycles. The molecule has 0 saturated carbocycles. The molecule has 1 aromatic carbocycles. The standard InChI is InChI=1S/C14H20N2O5S/c1-4-22(19,20)15-9-10-16(11(2)17)13-7-5-12(6-8-13)14(18)21-3/h5-8,15H,4,9-10H2,1-3H3. The van der Waals surface area contributed by atoms with E-state index in [-0.39, 0.29) is 24.7 Å². The van der Waals surface area contributed by atoms with Crippen LogP contribution in [0.15, 0.2) is 24.3 Å². The lowest BCUT2D eigenvalue weighted by Gasteiger charge is -2.21. The van der Waals surface area contributed by atoms with Crippen molar-refractivity contribution in [2.75, 3.05) is 30.9 Å². The Hall–Kier alpha value is -1.93. The van der Waals surface area contributed by atoms with Crippen LogP contribution < -0.4 is 9.62 Å². The number of anilines is 1. The fraction of sp³-hybridized carbons (Fsp3) is 0.429. The van der Waals surface area contributed by atoms with Crippen molar-refractivity contribution in [1.82, 2.24) is 4.72 Å². The molecule has 22 heavy (non-hydrogen) atoms. The lowest BCUT2D eigenvalue weighted by molar-refractivity contribution is -0.116. The van der Waals surface area contributed by atoms with Crippen LogP contribution in [-0.2, 0) is 19.6 Å². The summed E-state index contributed by atoms with van der Waals surface area (Å²) in [6.45, 7) is 3.25. The molecule has 8 heteroatoms.